The fraction of sp³-hybridized carbons (Fsp3) is 0.455. The van der Waals surface area contributed by atoms with Gasteiger partial charge in [0, 0.05) is 35.6 Å². The predicted octanol–water partition coefficient (Wildman–Crippen LogP) is 3.83. The Labute approximate surface area is 207 Å². The maximum Gasteiger partial charge on any atom is 0.242 e. The van der Waals surface area contributed by atoms with E-state index in [2.05, 4.69) is 25.9 Å². The van der Waals surface area contributed by atoms with Crippen LogP contribution in [0.2, 0.25) is 15.1 Å². The second-order valence-electron chi connectivity index (χ2n) is 8.30. The van der Waals surface area contributed by atoms with E-state index < -0.39 is 6.04 Å². The van der Waals surface area contributed by atoms with Gasteiger partial charge < -0.3 is 20.9 Å². The summed E-state index contributed by atoms with van der Waals surface area (Å²) in [7, 11) is 0. The van der Waals surface area contributed by atoms with Crippen molar-refractivity contribution in [2.75, 3.05) is 29.9 Å². The first-order chi connectivity index (χ1) is 15.8. The minimum atomic E-state index is -0.417. The van der Waals surface area contributed by atoms with E-state index in [0.717, 1.165) is 5.56 Å². The van der Waals surface area contributed by atoms with Crippen LogP contribution in [-0.4, -0.2) is 47.5 Å². The van der Waals surface area contributed by atoms with Gasteiger partial charge >= 0.3 is 0 Å². The van der Waals surface area contributed by atoms with E-state index in [0.29, 0.717) is 65.7 Å². The van der Waals surface area contributed by atoms with E-state index in [-0.39, 0.29) is 23.8 Å². The maximum atomic E-state index is 12.6. The molecule has 8 nitrogen and oxygen atoms in total. The Bertz CT molecular complexity index is 1040. The smallest absolute Gasteiger partial charge is 0.242 e. The lowest BCUT2D eigenvalue weighted by Gasteiger charge is -2.32. The lowest BCUT2D eigenvalue weighted by Crippen LogP contribution is -2.46. The first-order valence-corrected chi connectivity index (χ1v) is 12.0. The van der Waals surface area contributed by atoms with Crippen LogP contribution in [0.1, 0.15) is 37.8 Å². The number of nitrogens with one attached hydrogen (secondary N) is 3. The molecule has 2 atom stereocenters. The van der Waals surface area contributed by atoms with Gasteiger partial charge in [-0.05, 0) is 43.9 Å². The van der Waals surface area contributed by atoms with Gasteiger partial charge in [-0.15, -0.1) is 0 Å². The van der Waals surface area contributed by atoms with Crippen molar-refractivity contribution in [1.82, 2.24) is 20.6 Å². The van der Waals surface area contributed by atoms with E-state index in [1.807, 2.05) is 17.9 Å². The number of piperidine rings is 1. The van der Waals surface area contributed by atoms with E-state index >= 15 is 0 Å². The molecule has 2 aromatic rings. The quantitative estimate of drug-likeness (QED) is 0.545. The van der Waals surface area contributed by atoms with E-state index in [9.17, 15) is 9.59 Å². The van der Waals surface area contributed by atoms with Crippen LogP contribution in [0.5, 0.6) is 0 Å². The average Bonchev–Trinajstić information content (AvgIpc) is 3.19. The van der Waals surface area contributed by atoms with Crippen LogP contribution >= 0.6 is 34.8 Å². The zero-order valence-electron chi connectivity index (χ0n) is 18.1. The van der Waals surface area contributed by atoms with Crippen molar-refractivity contribution in [3.8, 4) is 0 Å². The molecule has 0 saturated carbocycles. The summed E-state index contributed by atoms with van der Waals surface area (Å²) in [6.45, 7) is 3.83. The topological polar surface area (TPSA) is 99.3 Å². The molecule has 1 aromatic heterocycles. The highest BCUT2D eigenvalue weighted by molar-refractivity contribution is 6.35. The summed E-state index contributed by atoms with van der Waals surface area (Å²) in [4.78, 5) is 35.3. The molecule has 2 saturated heterocycles. The molecule has 11 heteroatoms. The molecule has 3 heterocycles. The SMILES string of the molecule is C[C@@H](Nc1nc(N2CCC(C(=O)N[C@@H]3CCNC3=O)CC2)ncc1Cl)c1ccc(Cl)cc1Cl. The Morgan fingerprint density at radius 3 is 2.61 bits per heavy atom. The van der Waals surface area contributed by atoms with Crippen LogP contribution in [0, 0.1) is 5.92 Å². The van der Waals surface area contributed by atoms with Crippen LogP contribution in [0.4, 0.5) is 11.8 Å². The zero-order chi connectivity index (χ0) is 23.5. The van der Waals surface area contributed by atoms with Crippen molar-refractivity contribution < 1.29 is 9.59 Å². The largest absolute Gasteiger partial charge is 0.362 e. The number of halogens is 3. The minimum Gasteiger partial charge on any atom is -0.362 e. The highest BCUT2D eigenvalue weighted by Crippen LogP contribution is 2.31. The molecule has 2 fully saturated rings. The Morgan fingerprint density at radius 1 is 1.18 bits per heavy atom. The van der Waals surface area contributed by atoms with Gasteiger partial charge in [-0.1, -0.05) is 40.9 Å². The van der Waals surface area contributed by atoms with Crippen molar-refractivity contribution in [2.24, 2.45) is 5.92 Å². The van der Waals surface area contributed by atoms with Crippen molar-refractivity contribution >= 4 is 58.4 Å². The number of anilines is 2. The standard InChI is InChI=1S/C22H25Cl3N6O2/c1-12(15-3-2-14(23)10-16(15)24)28-19-17(25)11-27-22(30-19)31-8-5-13(6-9-31)20(32)29-18-4-7-26-21(18)33/h2-3,10-13,18H,4-9H2,1H3,(H,26,33)(H,29,32)(H,27,28,30)/t12-,18-/m1/s1. The second-order valence-corrected chi connectivity index (χ2v) is 9.55. The van der Waals surface area contributed by atoms with Crippen LogP contribution in [0.3, 0.4) is 0 Å². The molecule has 33 heavy (non-hydrogen) atoms. The number of aromatic nitrogens is 2. The number of benzene rings is 1. The highest BCUT2D eigenvalue weighted by atomic mass is 35.5. The van der Waals surface area contributed by atoms with Gasteiger partial charge in [0.25, 0.3) is 0 Å². The Kier molecular flexibility index (Phi) is 7.46. The third-order valence-electron chi connectivity index (χ3n) is 6.03. The summed E-state index contributed by atoms with van der Waals surface area (Å²) < 4.78 is 0. The van der Waals surface area contributed by atoms with Gasteiger partial charge in [0.05, 0.1) is 12.2 Å². The second kappa shape index (κ2) is 10.3. The monoisotopic (exact) mass is 510 g/mol. The molecular formula is C22H25Cl3N6O2. The zero-order valence-corrected chi connectivity index (χ0v) is 20.3. The summed E-state index contributed by atoms with van der Waals surface area (Å²) in [5, 5.41) is 10.4. The van der Waals surface area contributed by atoms with Gasteiger partial charge in [0.2, 0.25) is 17.8 Å². The third-order valence-corrected chi connectivity index (χ3v) is 6.87. The van der Waals surface area contributed by atoms with Crippen LogP contribution in [0.25, 0.3) is 0 Å². The molecule has 4 rings (SSSR count). The first-order valence-electron chi connectivity index (χ1n) is 10.9. The van der Waals surface area contributed by atoms with Crippen molar-refractivity contribution in [2.45, 2.75) is 38.3 Å². The van der Waals surface area contributed by atoms with Gasteiger partial charge in [-0.2, -0.15) is 4.98 Å². The summed E-state index contributed by atoms with van der Waals surface area (Å²) in [6, 6.07) is 4.77. The number of carbonyl (C=O) groups is 2. The number of hydrogen-bond donors (Lipinski definition) is 3. The lowest BCUT2D eigenvalue weighted by atomic mass is 9.95. The van der Waals surface area contributed by atoms with Crippen molar-refractivity contribution in [3.05, 3.63) is 45.0 Å². The summed E-state index contributed by atoms with van der Waals surface area (Å²) in [6.07, 6.45) is 3.52. The van der Waals surface area contributed by atoms with Gasteiger partial charge in [0.1, 0.15) is 11.1 Å². The first kappa shape index (κ1) is 23.9. The number of rotatable bonds is 6. The molecule has 0 radical (unpaired) electrons. The van der Waals surface area contributed by atoms with E-state index in [1.165, 1.54) is 0 Å². The molecular weight excluding hydrogens is 487 g/mol. The number of carbonyl (C=O) groups excluding carboxylic acids is 2. The Balaban J connectivity index is 1.37. The molecule has 176 valence electrons. The number of amides is 2. The van der Waals surface area contributed by atoms with Gasteiger partial charge in [-0.3, -0.25) is 9.59 Å². The van der Waals surface area contributed by atoms with Gasteiger partial charge in [0.15, 0.2) is 5.82 Å². The Hall–Kier alpha value is -2.29. The number of nitrogens with zero attached hydrogens (tertiary/aromatic N) is 3. The maximum absolute atomic E-state index is 12.6. The molecule has 2 aliphatic heterocycles. The lowest BCUT2D eigenvalue weighted by molar-refractivity contribution is -0.130. The molecule has 2 aliphatic rings. The van der Waals surface area contributed by atoms with Crippen molar-refractivity contribution in [1.29, 1.82) is 0 Å². The fourth-order valence-corrected chi connectivity index (χ4v) is 4.83. The molecule has 0 aliphatic carbocycles. The molecule has 0 unspecified atom stereocenters. The van der Waals surface area contributed by atoms with Gasteiger partial charge in [-0.25, -0.2) is 4.98 Å². The molecule has 3 N–H and O–H groups in total. The van der Waals surface area contributed by atoms with Crippen LogP contribution in [0.15, 0.2) is 24.4 Å². The summed E-state index contributed by atoms with van der Waals surface area (Å²) in [5.74, 6) is 0.749. The molecule has 0 bridgehead atoms. The third kappa shape index (κ3) is 5.62. The Morgan fingerprint density at radius 2 is 1.94 bits per heavy atom. The van der Waals surface area contributed by atoms with E-state index in [4.69, 9.17) is 34.8 Å². The highest BCUT2D eigenvalue weighted by Gasteiger charge is 2.31. The van der Waals surface area contributed by atoms with Crippen molar-refractivity contribution in [3.63, 3.8) is 0 Å². The molecule has 1 aromatic carbocycles. The predicted molar refractivity (Wildman–Crippen MR) is 130 cm³/mol. The fourth-order valence-electron chi connectivity index (χ4n) is 4.11. The van der Waals surface area contributed by atoms with Crippen LogP contribution < -0.4 is 20.9 Å². The molecule has 2 amide bonds. The van der Waals surface area contributed by atoms with Crippen LogP contribution in [-0.2, 0) is 9.59 Å². The number of hydrogen-bond acceptors (Lipinski definition) is 6. The normalized spacial score (nSPS) is 19.8. The average molecular weight is 512 g/mol. The van der Waals surface area contributed by atoms with E-state index in [1.54, 1.807) is 18.3 Å². The molecule has 0 spiro atoms. The minimum absolute atomic E-state index is 0.0650. The summed E-state index contributed by atoms with van der Waals surface area (Å²) >= 11 is 18.7. The summed E-state index contributed by atoms with van der Waals surface area (Å²) in [5.41, 5.74) is 0.875.